The highest BCUT2D eigenvalue weighted by Gasteiger charge is 2.25. The van der Waals surface area contributed by atoms with Gasteiger partial charge in [-0.2, -0.15) is 0 Å². The van der Waals surface area contributed by atoms with Gasteiger partial charge in [0.05, 0.1) is 12.2 Å². The van der Waals surface area contributed by atoms with E-state index in [0.29, 0.717) is 25.2 Å². The van der Waals surface area contributed by atoms with Crippen molar-refractivity contribution in [2.45, 2.75) is 71.6 Å². The number of benzene rings is 2. The second-order valence-corrected chi connectivity index (χ2v) is 9.99. The average Bonchev–Trinajstić information content (AvgIpc) is 3.56. The van der Waals surface area contributed by atoms with Crippen LogP contribution in [0.25, 0.3) is 0 Å². The minimum Gasteiger partial charge on any atom is -0.361 e. The zero-order valence-corrected chi connectivity index (χ0v) is 22.5. The number of aryl methyl sites for hydroxylation is 1. The average molecular weight is 515 g/mol. The van der Waals surface area contributed by atoms with E-state index in [4.69, 9.17) is 10.3 Å². The van der Waals surface area contributed by atoms with Crippen LogP contribution < -0.4 is 11.1 Å². The Bertz CT molecular complexity index is 1270. The van der Waals surface area contributed by atoms with E-state index >= 15 is 0 Å². The fraction of sp³-hybridized carbons (Fsp3) is 0.367. The van der Waals surface area contributed by atoms with E-state index in [2.05, 4.69) is 39.2 Å². The number of imidazole rings is 1. The monoisotopic (exact) mass is 514 g/mol. The van der Waals surface area contributed by atoms with Gasteiger partial charge in [0.25, 0.3) is 5.91 Å². The Morgan fingerprint density at radius 1 is 1.03 bits per heavy atom. The van der Waals surface area contributed by atoms with Crippen molar-refractivity contribution < 1.29 is 9.32 Å². The fourth-order valence-corrected chi connectivity index (χ4v) is 4.90. The van der Waals surface area contributed by atoms with Crippen LogP contribution in [-0.2, 0) is 25.2 Å². The summed E-state index contributed by atoms with van der Waals surface area (Å²) in [7, 11) is 0. The van der Waals surface area contributed by atoms with Crippen molar-refractivity contribution in [3.63, 3.8) is 0 Å². The van der Waals surface area contributed by atoms with E-state index in [0.717, 1.165) is 59.8 Å². The molecule has 0 radical (unpaired) electrons. The lowest BCUT2D eigenvalue weighted by Crippen LogP contribution is -2.36. The molecular formula is C30H38N6O2. The molecule has 0 aliphatic carbocycles. The molecule has 0 fully saturated rings. The molecule has 8 heteroatoms. The molecule has 38 heavy (non-hydrogen) atoms. The van der Waals surface area contributed by atoms with Crippen LogP contribution in [-0.4, -0.2) is 25.9 Å². The van der Waals surface area contributed by atoms with Crippen molar-refractivity contribution in [1.29, 1.82) is 0 Å². The molecule has 2 heterocycles. The Balaban J connectivity index is 1.39. The number of aromatic amines is 1. The molecular weight excluding hydrogens is 476 g/mol. The summed E-state index contributed by atoms with van der Waals surface area (Å²) >= 11 is 0. The summed E-state index contributed by atoms with van der Waals surface area (Å²) in [6.07, 6.45) is 7.51. The van der Waals surface area contributed by atoms with Crippen LogP contribution in [0.3, 0.4) is 0 Å². The third-order valence-corrected chi connectivity index (χ3v) is 6.72. The Hall–Kier alpha value is -3.75. The van der Waals surface area contributed by atoms with E-state index < -0.39 is 0 Å². The first-order valence-electron chi connectivity index (χ1n) is 13.3. The first kappa shape index (κ1) is 27.3. The maximum absolute atomic E-state index is 12.9. The van der Waals surface area contributed by atoms with Crippen LogP contribution in [0.5, 0.6) is 0 Å². The smallest absolute Gasteiger partial charge is 0.255 e. The normalized spacial score (nSPS) is 11.7. The summed E-state index contributed by atoms with van der Waals surface area (Å²) in [5.41, 5.74) is 10.8. The summed E-state index contributed by atoms with van der Waals surface area (Å²) in [6, 6.07) is 17.6. The highest BCUT2D eigenvalue weighted by atomic mass is 16.5. The number of amides is 1. The van der Waals surface area contributed by atoms with E-state index in [1.807, 2.05) is 67.7 Å². The van der Waals surface area contributed by atoms with Gasteiger partial charge in [0.2, 0.25) is 0 Å². The molecule has 2 aromatic heterocycles. The van der Waals surface area contributed by atoms with Crippen LogP contribution in [0.2, 0.25) is 0 Å². The summed E-state index contributed by atoms with van der Waals surface area (Å²) in [5.74, 6) is 1.52. The number of nitrogens with one attached hydrogen (secondary N) is 2. The number of nitrogens with zero attached hydrogens (tertiary/aromatic N) is 3. The standard InChI is InChI=1S/C30H38N6O2/c1-4-14-30(31,15-5-2)25-10-12-26(13-11-25)34-29(37)24-8-6-23(7-9-24)19-36(21-28-32-16-17-33-28)20-27-18-22(3)38-35-27/h6-13,16-18H,4-5,14-15,19-21,31H2,1-3H3,(H,32,33)(H,34,37). The Kier molecular flexibility index (Phi) is 9.10. The van der Waals surface area contributed by atoms with Crippen molar-refractivity contribution in [3.8, 4) is 0 Å². The van der Waals surface area contributed by atoms with Crippen molar-refractivity contribution in [3.05, 3.63) is 101 Å². The minimum atomic E-state index is -0.320. The second-order valence-electron chi connectivity index (χ2n) is 9.99. The van der Waals surface area contributed by atoms with Gasteiger partial charge in [-0.15, -0.1) is 0 Å². The summed E-state index contributed by atoms with van der Waals surface area (Å²) in [5, 5.41) is 7.14. The molecule has 0 atom stereocenters. The van der Waals surface area contributed by atoms with Gasteiger partial charge in [-0.1, -0.05) is 56.1 Å². The van der Waals surface area contributed by atoms with Gasteiger partial charge in [0.1, 0.15) is 11.6 Å². The molecule has 0 saturated heterocycles. The Morgan fingerprint density at radius 2 is 1.74 bits per heavy atom. The topological polar surface area (TPSA) is 113 Å². The van der Waals surface area contributed by atoms with Gasteiger partial charge >= 0.3 is 0 Å². The quantitative estimate of drug-likeness (QED) is 0.204. The number of anilines is 1. The van der Waals surface area contributed by atoms with Crippen molar-refractivity contribution in [1.82, 2.24) is 20.0 Å². The third kappa shape index (κ3) is 7.18. The zero-order chi connectivity index (χ0) is 27.0. The fourth-order valence-electron chi connectivity index (χ4n) is 4.90. The molecule has 4 N–H and O–H groups in total. The van der Waals surface area contributed by atoms with Gasteiger partial charge < -0.3 is 20.6 Å². The molecule has 0 spiro atoms. The molecule has 4 rings (SSSR count). The highest BCUT2D eigenvalue weighted by molar-refractivity contribution is 6.04. The van der Waals surface area contributed by atoms with Crippen LogP contribution >= 0.6 is 0 Å². The maximum atomic E-state index is 12.9. The SMILES string of the molecule is CCCC(N)(CCC)c1ccc(NC(=O)c2ccc(CN(Cc3cc(C)on3)Cc3ncc[nH]3)cc2)cc1. The van der Waals surface area contributed by atoms with Crippen molar-refractivity contribution >= 4 is 11.6 Å². The number of carbonyl (C=O) groups is 1. The maximum Gasteiger partial charge on any atom is 0.255 e. The molecule has 0 aliphatic rings. The lowest BCUT2D eigenvalue weighted by atomic mass is 9.83. The predicted molar refractivity (Wildman–Crippen MR) is 149 cm³/mol. The van der Waals surface area contributed by atoms with Crippen LogP contribution in [0.1, 0.15) is 78.3 Å². The number of rotatable bonds is 13. The molecule has 2 aromatic carbocycles. The molecule has 0 saturated carbocycles. The van der Waals surface area contributed by atoms with Gasteiger partial charge in [0.15, 0.2) is 0 Å². The minimum absolute atomic E-state index is 0.143. The van der Waals surface area contributed by atoms with Gasteiger partial charge in [-0.3, -0.25) is 9.69 Å². The van der Waals surface area contributed by atoms with Crippen LogP contribution in [0.4, 0.5) is 5.69 Å². The summed E-state index contributed by atoms with van der Waals surface area (Å²) < 4.78 is 5.24. The van der Waals surface area contributed by atoms with Gasteiger partial charge in [-0.25, -0.2) is 4.98 Å². The molecule has 0 unspecified atom stereocenters. The van der Waals surface area contributed by atoms with E-state index in [9.17, 15) is 4.79 Å². The molecule has 0 aliphatic heterocycles. The largest absolute Gasteiger partial charge is 0.361 e. The highest BCUT2D eigenvalue weighted by Crippen LogP contribution is 2.29. The van der Waals surface area contributed by atoms with E-state index in [-0.39, 0.29) is 11.4 Å². The van der Waals surface area contributed by atoms with E-state index in [1.165, 1.54) is 0 Å². The summed E-state index contributed by atoms with van der Waals surface area (Å²) in [6.45, 7) is 8.13. The van der Waals surface area contributed by atoms with Crippen LogP contribution in [0.15, 0.2) is 71.5 Å². The van der Waals surface area contributed by atoms with Crippen molar-refractivity contribution in [2.75, 3.05) is 5.32 Å². The van der Waals surface area contributed by atoms with E-state index in [1.54, 1.807) is 6.20 Å². The molecule has 8 nitrogen and oxygen atoms in total. The predicted octanol–water partition coefficient (Wildman–Crippen LogP) is 5.92. The molecule has 1 amide bonds. The van der Waals surface area contributed by atoms with Crippen molar-refractivity contribution in [2.24, 2.45) is 5.73 Å². The number of H-pyrrole nitrogens is 1. The number of nitrogens with two attached hydrogens (primary N) is 1. The molecule has 0 bridgehead atoms. The number of hydrogen-bond donors (Lipinski definition) is 3. The number of aromatic nitrogens is 3. The molecule has 200 valence electrons. The zero-order valence-electron chi connectivity index (χ0n) is 22.5. The summed E-state index contributed by atoms with van der Waals surface area (Å²) in [4.78, 5) is 22.7. The van der Waals surface area contributed by atoms with Gasteiger partial charge in [0, 0.05) is 48.3 Å². The van der Waals surface area contributed by atoms with Gasteiger partial charge in [-0.05, 0) is 55.2 Å². The first-order chi connectivity index (χ1) is 18.4. The van der Waals surface area contributed by atoms with Crippen LogP contribution in [0, 0.1) is 6.92 Å². The Labute approximate surface area is 224 Å². The third-order valence-electron chi connectivity index (χ3n) is 6.72. The lowest BCUT2D eigenvalue weighted by Gasteiger charge is -2.29. The number of carbonyl (C=O) groups excluding carboxylic acids is 1. The lowest BCUT2D eigenvalue weighted by molar-refractivity contribution is 0.102. The number of hydrogen-bond acceptors (Lipinski definition) is 6. The first-order valence-corrected chi connectivity index (χ1v) is 13.3. The second kappa shape index (κ2) is 12.7. The Morgan fingerprint density at radius 3 is 2.32 bits per heavy atom. The molecule has 4 aromatic rings.